The first-order chi connectivity index (χ1) is 12.5. The van der Waals surface area contributed by atoms with Crippen LogP contribution in [0, 0.1) is 5.41 Å². The third-order valence-corrected chi connectivity index (χ3v) is 4.51. The number of piperidine rings is 1. The first-order valence-corrected chi connectivity index (χ1v) is 8.34. The van der Waals surface area contributed by atoms with Crippen molar-refractivity contribution in [2.45, 2.75) is 18.5 Å². The summed E-state index contributed by atoms with van der Waals surface area (Å²) < 4.78 is 27.1. The first kappa shape index (κ1) is 18.0. The minimum atomic E-state index is -0.973. The van der Waals surface area contributed by atoms with Crippen LogP contribution in [0.2, 0.25) is 0 Å². The summed E-state index contributed by atoms with van der Waals surface area (Å²) in [6.45, 7) is 1.17. The zero-order valence-corrected chi connectivity index (χ0v) is 14.1. The molecule has 1 heterocycles. The Bertz CT molecular complexity index is 811. The Morgan fingerprint density at radius 3 is 2.65 bits per heavy atom. The molecule has 5 N–H and O–H groups in total. The zero-order chi connectivity index (χ0) is 18.7. The highest BCUT2D eigenvalue weighted by atomic mass is 19.1. The number of halogens is 2. The van der Waals surface area contributed by atoms with Crippen molar-refractivity contribution in [3.8, 4) is 0 Å². The lowest BCUT2D eigenvalue weighted by atomic mass is 9.91. The molecule has 5 nitrogen and oxygen atoms in total. The molecule has 2 aliphatic rings. The summed E-state index contributed by atoms with van der Waals surface area (Å²) in [5.74, 6) is -1.64. The number of primary amides is 1. The van der Waals surface area contributed by atoms with Gasteiger partial charge >= 0.3 is 0 Å². The van der Waals surface area contributed by atoms with E-state index < -0.39 is 23.5 Å². The number of amides is 1. The fraction of sp³-hybridized carbons (Fsp3) is 0.263. The highest BCUT2D eigenvalue weighted by Gasteiger charge is 2.23. The second-order valence-electron chi connectivity index (χ2n) is 6.35. The third-order valence-electron chi connectivity index (χ3n) is 4.51. The van der Waals surface area contributed by atoms with Gasteiger partial charge in [-0.25, -0.2) is 8.78 Å². The highest BCUT2D eigenvalue weighted by Crippen LogP contribution is 2.26. The van der Waals surface area contributed by atoms with Gasteiger partial charge in [0.2, 0.25) is 0 Å². The lowest BCUT2D eigenvalue weighted by molar-refractivity contribution is -0.114. The van der Waals surface area contributed by atoms with Crippen LogP contribution in [0.15, 0.2) is 59.6 Å². The van der Waals surface area contributed by atoms with E-state index in [1.165, 1.54) is 12.3 Å². The summed E-state index contributed by atoms with van der Waals surface area (Å²) in [6.07, 6.45) is 3.72. The van der Waals surface area contributed by atoms with Crippen molar-refractivity contribution in [2.75, 3.05) is 18.4 Å². The second-order valence-corrected chi connectivity index (χ2v) is 6.35. The average molecular weight is 358 g/mol. The van der Waals surface area contributed by atoms with E-state index in [0.29, 0.717) is 18.5 Å². The molecule has 3 rings (SSSR count). The van der Waals surface area contributed by atoms with Crippen LogP contribution in [0.25, 0.3) is 0 Å². The first-order valence-electron chi connectivity index (χ1n) is 8.34. The Morgan fingerprint density at radius 2 is 2.00 bits per heavy atom. The Hall–Kier alpha value is -2.80. The van der Waals surface area contributed by atoms with E-state index in [0.717, 1.165) is 23.9 Å². The van der Waals surface area contributed by atoms with Crippen LogP contribution in [0.4, 0.5) is 14.5 Å². The number of carbonyl (C=O) groups is 1. The molecule has 7 heteroatoms. The van der Waals surface area contributed by atoms with E-state index in [1.807, 2.05) is 24.3 Å². The van der Waals surface area contributed by atoms with E-state index in [4.69, 9.17) is 11.1 Å². The average Bonchev–Trinajstić information content (AvgIpc) is 2.61. The van der Waals surface area contributed by atoms with Crippen molar-refractivity contribution >= 4 is 17.3 Å². The molecule has 1 aromatic rings. The third kappa shape index (κ3) is 3.88. The van der Waals surface area contributed by atoms with Crippen molar-refractivity contribution in [1.29, 1.82) is 5.41 Å². The smallest absolute Gasteiger partial charge is 0.253 e. The molecule has 0 spiro atoms. The lowest BCUT2D eigenvalue weighted by Gasteiger charge is -2.26. The van der Waals surface area contributed by atoms with Crippen LogP contribution in [0.3, 0.4) is 0 Å². The fourth-order valence-electron chi connectivity index (χ4n) is 3.11. The molecule has 0 radical (unpaired) electrons. The maximum atomic E-state index is 13.6. The molecular weight excluding hydrogens is 338 g/mol. The molecule has 1 saturated heterocycles. The largest absolute Gasteiger partial charge is 0.365 e. The monoisotopic (exact) mass is 358 g/mol. The molecule has 0 unspecified atom stereocenters. The number of anilines is 1. The molecular formula is C19H20F2N4O. The van der Waals surface area contributed by atoms with Gasteiger partial charge in [-0.2, -0.15) is 0 Å². The quantitative estimate of drug-likeness (QED) is 0.667. The van der Waals surface area contributed by atoms with E-state index in [1.54, 1.807) is 0 Å². The normalized spacial score (nSPS) is 24.8. The van der Waals surface area contributed by atoms with Crippen LogP contribution < -0.4 is 16.4 Å². The zero-order valence-electron chi connectivity index (χ0n) is 14.1. The topological polar surface area (TPSA) is 91.0 Å². The van der Waals surface area contributed by atoms with Crippen molar-refractivity contribution in [3.05, 3.63) is 65.2 Å². The number of benzene rings is 1. The minimum absolute atomic E-state index is 0.145. The van der Waals surface area contributed by atoms with Gasteiger partial charge in [0.1, 0.15) is 17.6 Å². The molecule has 0 bridgehead atoms. The molecule has 0 saturated carbocycles. The number of hydrogen-bond acceptors (Lipinski definition) is 4. The fourth-order valence-corrected chi connectivity index (χ4v) is 3.11. The number of rotatable bonds is 4. The maximum Gasteiger partial charge on any atom is 0.253 e. The predicted molar refractivity (Wildman–Crippen MR) is 97.5 cm³/mol. The second kappa shape index (κ2) is 7.61. The van der Waals surface area contributed by atoms with Crippen molar-refractivity contribution in [2.24, 2.45) is 5.73 Å². The van der Waals surface area contributed by atoms with Crippen LogP contribution in [0.5, 0.6) is 0 Å². The van der Waals surface area contributed by atoms with Crippen LogP contribution in [-0.4, -0.2) is 30.9 Å². The van der Waals surface area contributed by atoms with E-state index in [9.17, 15) is 13.6 Å². The summed E-state index contributed by atoms with van der Waals surface area (Å²) in [6, 6.07) is 7.58. The van der Waals surface area contributed by atoms with Gasteiger partial charge in [0.15, 0.2) is 0 Å². The summed E-state index contributed by atoms with van der Waals surface area (Å²) in [5.41, 5.74) is 6.60. The Kier molecular flexibility index (Phi) is 5.27. The Balaban J connectivity index is 1.68. The number of nitrogens with two attached hydrogens (primary N) is 1. The van der Waals surface area contributed by atoms with Crippen LogP contribution in [-0.2, 0) is 4.79 Å². The van der Waals surface area contributed by atoms with Gasteiger partial charge in [-0.1, -0.05) is 12.1 Å². The number of carbonyl (C=O) groups excluding carboxylic acids is 1. The lowest BCUT2D eigenvalue weighted by Crippen LogP contribution is -2.36. The van der Waals surface area contributed by atoms with E-state index in [2.05, 4.69) is 10.6 Å². The summed E-state index contributed by atoms with van der Waals surface area (Å²) in [7, 11) is 0. The molecule has 1 aliphatic heterocycles. The molecule has 1 amide bonds. The van der Waals surface area contributed by atoms with E-state index >= 15 is 0 Å². The van der Waals surface area contributed by atoms with Gasteiger partial charge in [-0.15, -0.1) is 0 Å². The summed E-state index contributed by atoms with van der Waals surface area (Å²) in [4.78, 5) is 11.3. The maximum absolute atomic E-state index is 13.6. The Morgan fingerprint density at radius 1 is 1.27 bits per heavy atom. The molecule has 2 atom stereocenters. The Labute approximate surface area is 150 Å². The van der Waals surface area contributed by atoms with Crippen molar-refractivity contribution in [3.63, 3.8) is 0 Å². The van der Waals surface area contributed by atoms with E-state index in [-0.39, 0.29) is 11.6 Å². The van der Waals surface area contributed by atoms with Gasteiger partial charge in [-0.3, -0.25) is 10.2 Å². The molecule has 1 fully saturated rings. The standard InChI is InChI=1S/C19H20F2N4O/c20-14-7-13(8-24-10-14)11-1-4-15(5-2-11)25-9-12-3-6-16(21)17(18(12)22)19(23)26/h1-6,9,13-14,22,24-25H,7-8,10H2,(H2,23,26)/b12-9-,22-18?/t13-,14-/m0/s1. The molecule has 0 aromatic heterocycles. The molecule has 26 heavy (non-hydrogen) atoms. The van der Waals surface area contributed by atoms with Gasteiger partial charge in [0.25, 0.3) is 5.91 Å². The highest BCUT2D eigenvalue weighted by molar-refractivity contribution is 6.28. The van der Waals surface area contributed by atoms with Crippen LogP contribution >= 0.6 is 0 Å². The molecule has 1 aliphatic carbocycles. The predicted octanol–water partition coefficient (Wildman–Crippen LogP) is 2.70. The summed E-state index contributed by atoms with van der Waals surface area (Å²) >= 11 is 0. The molecule has 136 valence electrons. The van der Waals surface area contributed by atoms with Gasteiger partial charge in [-0.05, 0) is 42.2 Å². The summed E-state index contributed by atoms with van der Waals surface area (Å²) in [5, 5.41) is 14.0. The van der Waals surface area contributed by atoms with Crippen molar-refractivity contribution < 1.29 is 13.6 Å². The van der Waals surface area contributed by atoms with Crippen molar-refractivity contribution in [1.82, 2.24) is 5.32 Å². The van der Waals surface area contributed by atoms with Crippen LogP contribution in [0.1, 0.15) is 17.9 Å². The minimum Gasteiger partial charge on any atom is -0.365 e. The van der Waals surface area contributed by atoms with Gasteiger partial charge in [0, 0.05) is 30.5 Å². The SMILES string of the molecule is N=C1C(C(N)=O)=C(F)C=C/C1=C/Nc1ccc([C@@H]2CNC[C@@H](F)C2)cc1. The number of hydrogen-bond donors (Lipinski definition) is 4. The van der Waals surface area contributed by atoms with Gasteiger partial charge in [0.05, 0.1) is 5.71 Å². The number of alkyl halides is 1. The number of nitrogens with one attached hydrogen (secondary N) is 3. The number of allylic oxidation sites excluding steroid dienone is 4. The van der Waals surface area contributed by atoms with Gasteiger partial charge < -0.3 is 16.4 Å². The molecule has 1 aromatic carbocycles.